The molecular formula is C12H21N3O3S. The van der Waals surface area contributed by atoms with Crippen LogP contribution in [0.2, 0.25) is 0 Å². The number of oxime groups is 1. The van der Waals surface area contributed by atoms with Crippen molar-refractivity contribution in [1.82, 2.24) is 5.32 Å². The van der Waals surface area contributed by atoms with Gasteiger partial charge in [-0.05, 0) is 37.2 Å². The second-order valence-corrected chi connectivity index (χ2v) is 6.26. The van der Waals surface area contributed by atoms with Gasteiger partial charge in [0.05, 0.1) is 0 Å². The van der Waals surface area contributed by atoms with E-state index in [1.54, 1.807) is 0 Å². The van der Waals surface area contributed by atoms with Gasteiger partial charge in [0.25, 0.3) is 0 Å². The Morgan fingerprint density at radius 3 is 2.58 bits per heavy atom. The molecule has 2 saturated heterocycles. The van der Waals surface area contributed by atoms with E-state index in [0.717, 1.165) is 24.3 Å². The molecule has 0 aromatic rings. The maximum absolute atomic E-state index is 12.5. The summed E-state index contributed by atoms with van der Waals surface area (Å²) >= 11 is 1.91. The topological polar surface area (TPSA) is 96.9 Å². The highest BCUT2D eigenvalue weighted by Gasteiger charge is 2.45. The Balaban J connectivity index is 2.06. The fourth-order valence-corrected chi connectivity index (χ4v) is 3.69. The van der Waals surface area contributed by atoms with Crippen LogP contribution in [0.4, 0.5) is 0 Å². The summed E-state index contributed by atoms with van der Waals surface area (Å²) in [6, 6.07) is 0.208. The number of hydrogen-bond donors (Lipinski definition) is 3. The highest BCUT2D eigenvalue weighted by molar-refractivity contribution is 7.99. The number of carbonyl (C=O) groups excluding carboxylic acids is 1. The third-order valence-corrected chi connectivity index (χ3v) is 4.98. The van der Waals surface area contributed by atoms with Crippen LogP contribution in [0.25, 0.3) is 0 Å². The molecule has 7 heteroatoms. The number of ether oxygens (including phenoxy) is 1. The van der Waals surface area contributed by atoms with Gasteiger partial charge in [0.15, 0.2) is 5.84 Å². The molecule has 0 bridgehead atoms. The molecule has 0 saturated carbocycles. The largest absolute Gasteiger partial charge is 0.409 e. The van der Waals surface area contributed by atoms with E-state index in [4.69, 9.17) is 15.7 Å². The predicted molar refractivity (Wildman–Crippen MR) is 74.4 cm³/mol. The number of thioether (sulfide) groups is 1. The summed E-state index contributed by atoms with van der Waals surface area (Å²) in [6.45, 7) is 0.925. The van der Waals surface area contributed by atoms with E-state index >= 15 is 0 Å². The van der Waals surface area contributed by atoms with Gasteiger partial charge in [-0.3, -0.25) is 4.79 Å². The quantitative estimate of drug-likeness (QED) is 0.305. The molecule has 19 heavy (non-hydrogen) atoms. The molecule has 0 atom stereocenters. The van der Waals surface area contributed by atoms with Crippen molar-refractivity contribution >= 4 is 23.5 Å². The first-order valence-corrected chi connectivity index (χ1v) is 7.79. The highest BCUT2D eigenvalue weighted by Crippen LogP contribution is 2.32. The summed E-state index contributed by atoms with van der Waals surface area (Å²) in [7, 11) is 0. The Kier molecular flexibility index (Phi) is 4.93. The summed E-state index contributed by atoms with van der Waals surface area (Å²) in [4.78, 5) is 12.5. The molecule has 2 aliphatic heterocycles. The molecule has 0 aromatic carbocycles. The number of rotatable bonds is 3. The van der Waals surface area contributed by atoms with Crippen molar-refractivity contribution in [2.75, 3.05) is 24.7 Å². The summed E-state index contributed by atoms with van der Waals surface area (Å²) < 4.78 is 5.28. The molecule has 1 amide bonds. The number of carbonyl (C=O) groups is 1. The SMILES string of the molecule is NC(=NO)C1(C(=O)NC2CCSCC2)CCOCC1. The maximum atomic E-state index is 12.5. The minimum atomic E-state index is -0.905. The Hall–Kier alpha value is -0.950. The van der Waals surface area contributed by atoms with Gasteiger partial charge in [0, 0.05) is 19.3 Å². The van der Waals surface area contributed by atoms with E-state index in [0.29, 0.717) is 26.1 Å². The van der Waals surface area contributed by atoms with Gasteiger partial charge in [-0.25, -0.2) is 0 Å². The van der Waals surface area contributed by atoms with Crippen molar-refractivity contribution in [2.45, 2.75) is 31.7 Å². The molecule has 2 rings (SSSR count). The number of nitrogens with zero attached hydrogens (tertiary/aromatic N) is 1. The van der Waals surface area contributed by atoms with Gasteiger partial charge >= 0.3 is 0 Å². The molecule has 4 N–H and O–H groups in total. The van der Waals surface area contributed by atoms with Crippen LogP contribution in [0.15, 0.2) is 5.16 Å². The van der Waals surface area contributed by atoms with Crippen molar-refractivity contribution in [2.24, 2.45) is 16.3 Å². The van der Waals surface area contributed by atoms with E-state index in [1.165, 1.54) is 0 Å². The zero-order valence-corrected chi connectivity index (χ0v) is 11.7. The zero-order chi connectivity index (χ0) is 13.7. The second-order valence-electron chi connectivity index (χ2n) is 5.04. The average molecular weight is 287 g/mol. The Morgan fingerprint density at radius 2 is 2.00 bits per heavy atom. The molecule has 0 aromatic heterocycles. The van der Waals surface area contributed by atoms with Crippen LogP contribution >= 0.6 is 11.8 Å². The Labute approximate surface area is 117 Å². The number of amides is 1. The molecule has 0 aliphatic carbocycles. The lowest BCUT2D eigenvalue weighted by molar-refractivity contribution is -0.132. The fourth-order valence-electron chi connectivity index (χ4n) is 2.58. The van der Waals surface area contributed by atoms with Crippen molar-refractivity contribution in [3.8, 4) is 0 Å². The van der Waals surface area contributed by atoms with Crippen molar-refractivity contribution in [3.63, 3.8) is 0 Å². The first-order valence-electron chi connectivity index (χ1n) is 6.63. The van der Waals surface area contributed by atoms with Crippen LogP contribution < -0.4 is 11.1 Å². The molecule has 2 fully saturated rings. The first kappa shape index (κ1) is 14.5. The summed E-state index contributed by atoms with van der Waals surface area (Å²) in [5, 5.41) is 15.1. The lowest BCUT2D eigenvalue weighted by Crippen LogP contribution is -2.55. The van der Waals surface area contributed by atoms with Crippen LogP contribution in [0.5, 0.6) is 0 Å². The maximum Gasteiger partial charge on any atom is 0.234 e. The van der Waals surface area contributed by atoms with Gasteiger partial charge < -0.3 is 21.0 Å². The van der Waals surface area contributed by atoms with E-state index in [1.807, 2.05) is 11.8 Å². The van der Waals surface area contributed by atoms with Crippen LogP contribution in [0.1, 0.15) is 25.7 Å². The van der Waals surface area contributed by atoms with Crippen molar-refractivity contribution < 1.29 is 14.7 Å². The van der Waals surface area contributed by atoms with Gasteiger partial charge in [-0.2, -0.15) is 11.8 Å². The van der Waals surface area contributed by atoms with Gasteiger partial charge in [-0.1, -0.05) is 5.16 Å². The Bertz CT molecular complexity index is 350. The number of nitrogens with one attached hydrogen (secondary N) is 1. The monoisotopic (exact) mass is 287 g/mol. The summed E-state index contributed by atoms with van der Waals surface area (Å²) in [5.41, 5.74) is 4.86. The number of hydrogen-bond acceptors (Lipinski definition) is 5. The van der Waals surface area contributed by atoms with E-state index < -0.39 is 5.41 Å². The second kappa shape index (κ2) is 6.47. The molecule has 108 valence electrons. The lowest BCUT2D eigenvalue weighted by Gasteiger charge is -2.36. The van der Waals surface area contributed by atoms with E-state index in [9.17, 15) is 4.79 Å². The van der Waals surface area contributed by atoms with Crippen LogP contribution in [0.3, 0.4) is 0 Å². The molecule has 6 nitrogen and oxygen atoms in total. The summed E-state index contributed by atoms with van der Waals surface area (Å²) in [5.74, 6) is 2.02. The fraction of sp³-hybridized carbons (Fsp3) is 0.833. The standard InChI is InChI=1S/C12H21N3O3S/c13-10(15-17)12(3-5-18-6-4-12)11(16)14-9-1-7-19-8-2-9/h9,17H,1-8H2,(H2,13,15)(H,14,16). The van der Waals surface area contributed by atoms with Crippen LogP contribution in [-0.2, 0) is 9.53 Å². The van der Waals surface area contributed by atoms with E-state index in [2.05, 4.69) is 10.5 Å². The molecule has 0 spiro atoms. The summed E-state index contributed by atoms with van der Waals surface area (Å²) in [6.07, 6.45) is 2.91. The predicted octanol–water partition coefficient (Wildman–Crippen LogP) is 0.541. The lowest BCUT2D eigenvalue weighted by atomic mass is 9.78. The Morgan fingerprint density at radius 1 is 1.37 bits per heavy atom. The first-order chi connectivity index (χ1) is 9.19. The van der Waals surface area contributed by atoms with Gasteiger partial charge in [-0.15, -0.1) is 0 Å². The zero-order valence-electron chi connectivity index (χ0n) is 10.9. The highest BCUT2D eigenvalue weighted by atomic mass is 32.2. The molecule has 0 radical (unpaired) electrons. The molecular weight excluding hydrogens is 266 g/mol. The van der Waals surface area contributed by atoms with Gasteiger partial charge in [0.2, 0.25) is 5.91 Å². The smallest absolute Gasteiger partial charge is 0.234 e. The molecule has 2 aliphatic rings. The third-order valence-electron chi connectivity index (χ3n) is 3.94. The van der Waals surface area contributed by atoms with Crippen LogP contribution in [0, 0.1) is 5.41 Å². The third kappa shape index (κ3) is 3.14. The number of nitrogens with two attached hydrogens (primary N) is 1. The normalized spacial score (nSPS) is 24.9. The minimum Gasteiger partial charge on any atom is -0.409 e. The van der Waals surface area contributed by atoms with Crippen molar-refractivity contribution in [1.29, 1.82) is 0 Å². The molecule has 0 unspecified atom stereocenters. The average Bonchev–Trinajstić information content (AvgIpc) is 2.48. The number of amidine groups is 1. The van der Waals surface area contributed by atoms with Crippen LogP contribution in [-0.4, -0.2) is 47.7 Å². The minimum absolute atomic E-state index is 0.00140. The van der Waals surface area contributed by atoms with E-state index in [-0.39, 0.29) is 17.8 Å². The van der Waals surface area contributed by atoms with Crippen molar-refractivity contribution in [3.05, 3.63) is 0 Å². The molecule has 2 heterocycles. The van der Waals surface area contributed by atoms with Gasteiger partial charge in [0.1, 0.15) is 5.41 Å².